The molecule has 0 saturated carbocycles. The van der Waals surface area contributed by atoms with Crippen molar-refractivity contribution in [2.24, 2.45) is 0 Å². The molecular formula is C12H12F3NO3. The van der Waals surface area contributed by atoms with E-state index in [9.17, 15) is 22.8 Å². The molecule has 0 N–H and O–H groups in total. The molecule has 0 atom stereocenters. The van der Waals surface area contributed by atoms with Gasteiger partial charge >= 0.3 is 18.2 Å². The number of carbonyl (C=O) groups excluding carboxylic acids is 2. The maximum absolute atomic E-state index is 12.1. The topological polar surface area (TPSA) is 46.6 Å². The highest BCUT2D eigenvalue weighted by Crippen LogP contribution is 2.20. The number of imide groups is 1. The quantitative estimate of drug-likeness (QED) is 0.791. The number of carbonyl (C=O) groups is 2. The lowest BCUT2D eigenvalue weighted by molar-refractivity contribution is -0.181. The zero-order valence-corrected chi connectivity index (χ0v) is 10.5. The van der Waals surface area contributed by atoms with Crippen LogP contribution in [-0.4, -0.2) is 30.1 Å². The Balaban J connectivity index is 2.80. The van der Waals surface area contributed by atoms with Crippen LogP contribution in [0.2, 0.25) is 0 Å². The van der Waals surface area contributed by atoms with E-state index >= 15 is 0 Å². The summed E-state index contributed by atoms with van der Waals surface area (Å²) in [5, 5.41) is 0. The number of hydrogen-bond acceptors (Lipinski definition) is 3. The van der Waals surface area contributed by atoms with Crippen LogP contribution in [0.25, 0.3) is 0 Å². The number of ether oxygens (including phenoxy) is 1. The van der Waals surface area contributed by atoms with Crippen molar-refractivity contribution in [1.82, 2.24) is 4.90 Å². The minimum atomic E-state index is -5.11. The van der Waals surface area contributed by atoms with E-state index in [1.807, 2.05) is 6.92 Å². The van der Waals surface area contributed by atoms with Gasteiger partial charge in [0.2, 0.25) is 0 Å². The lowest BCUT2D eigenvalue weighted by atomic mass is 10.1. The molecule has 0 radical (unpaired) electrons. The van der Waals surface area contributed by atoms with E-state index in [2.05, 4.69) is 0 Å². The Morgan fingerprint density at radius 3 is 2.21 bits per heavy atom. The van der Waals surface area contributed by atoms with Crippen LogP contribution >= 0.6 is 0 Å². The monoisotopic (exact) mass is 275 g/mol. The molecule has 0 saturated heterocycles. The third-order valence-corrected chi connectivity index (χ3v) is 2.50. The molecule has 2 amide bonds. The zero-order chi connectivity index (χ0) is 14.8. The normalized spacial score (nSPS) is 11.1. The van der Waals surface area contributed by atoms with Crippen molar-refractivity contribution in [1.29, 1.82) is 0 Å². The predicted molar refractivity (Wildman–Crippen MR) is 60.8 cm³/mol. The highest BCUT2D eigenvalue weighted by Gasteiger charge is 2.43. The summed E-state index contributed by atoms with van der Waals surface area (Å²) in [5.74, 6) is -2.20. The summed E-state index contributed by atoms with van der Waals surface area (Å²) >= 11 is 0. The second-order valence-electron chi connectivity index (χ2n) is 3.98. The number of amides is 2. The van der Waals surface area contributed by atoms with Crippen LogP contribution < -0.4 is 4.74 Å². The number of alkyl halides is 3. The van der Waals surface area contributed by atoms with E-state index < -0.39 is 18.2 Å². The third kappa shape index (κ3) is 3.70. The number of nitrogens with zero attached hydrogens (tertiary/aromatic N) is 1. The fourth-order valence-electron chi connectivity index (χ4n) is 1.22. The molecule has 7 heteroatoms. The molecule has 0 spiro atoms. The van der Waals surface area contributed by atoms with Crippen molar-refractivity contribution in [2.75, 3.05) is 7.05 Å². The maximum atomic E-state index is 12.1. The second kappa shape index (κ2) is 5.29. The van der Waals surface area contributed by atoms with Gasteiger partial charge in [0.15, 0.2) is 0 Å². The van der Waals surface area contributed by atoms with Gasteiger partial charge in [0.05, 0.1) is 0 Å². The van der Waals surface area contributed by atoms with E-state index in [0.717, 1.165) is 11.1 Å². The number of rotatable bonds is 1. The standard InChI is InChI=1S/C12H12F3NO3/c1-7-4-5-9(6-8(7)2)19-11(18)16(3)10(17)12(13,14)15/h4-6H,1-3H3. The van der Waals surface area contributed by atoms with Crippen LogP contribution in [0.1, 0.15) is 11.1 Å². The Bertz CT molecular complexity index is 511. The van der Waals surface area contributed by atoms with E-state index in [1.165, 1.54) is 12.1 Å². The number of benzene rings is 1. The molecule has 0 aromatic heterocycles. The fraction of sp³-hybridized carbons (Fsp3) is 0.333. The highest BCUT2D eigenvalue weighted by atomic mass is 19.4. The first-order valence-electron chi connectivity index (χ1n) is 5.27. The van der Waals surface area contributed by atoms with Crippen LogP contribution in [0.5, 0.6) is 5.75 Å². The molecule has 104 valence electrons. The molecule has 19 heavy (non-hydrogen) atoms. The second-order valence-corrected chi connectivity index (χ2v) is 3.98. The first-order chi connectivity index (χ1) is 8.62. The summed E-state index contributed by atoms with van der Waals surface area (Å²) < 4.78 is 41.0. The van der Waals surface area contributed by atoms with Gasteiger partial charge in [0, 0.05) is 7.05 Å². The van der Waals surface area contributed by atoms with Crippen LogP contribution in [0, 0.1) is 13.8 Å². The largest absolute Gasteiger partial charge is 0.471 e. The Kier molecular flexibility index (Phi) is 4.18. The molecule has 4 nitrogen and oxygen atoms in total. The zero-order valence-electron chi connectivity index (χ0n) is 10.5. The first kappa shape index (κ1) is 15.0. The van der Waals surface area contributed by atoms with Crippen LogP contribution in [-0.2, 0) is 4.79 Å². The fourth-order valence-corrected chi connectivity index (χ4v) is 1.22. The van der Waals surface area contributed by atoms with Gasteiger partial charge in [-0.25, -0.2) is 9.69 Å². The lowest BCUT2D eigenvalue weighted by Gasteiger charge is -2.16. The van der Waals surface area contributed by atoms with E-state index in [0.29, 0.717) is 7.05 Å². The average Bonchev–Trinajstić information content (AvgIpc) is 2.30. The van der Waals surface area contributed by atoms with E-state index in [-0.39, 0.29) is 10.6 Å². The van der Waals surface area contributed by atoms with Crippen LogP contribution in [0.15, 0.2) is 18.2 Å². The van der Waals surface area contributed by atoms with Crippen LogP contribution in [0.4, 0.5) is 18.0 Å². The van der Waals surface area contributed by atoms with Crippen molar-refractivity contribution < 1.29 is 27.5 Å². The Morgan fingerprint density at radius 2 is 1.74 bits per heavy atom. The molecule has 0 fully saturated rings. The minimum absolute atomic E-state index is 0.0786. The average molecular weight is 275 g/mol. The van der Waals surface area contributed by atoms with Crippen LogP contribution in [0.3, 0.4) is 0 Å². The van der Waals surface area contributed by atoms with Gasteiger partial charge in [-0.05, 0) is 37.1 Å². The third-order valence-electron chi connectivity index (χ3n) is 2.50. The summed E-state index contributed by atoms with van der Waals surface area (Å²) in [7, 11) is 0.708. The molecule has 0 aliphatic heterocycles. The van der Waals surface area contributed by atoms with Crippen molar-refractivity contribution >= 4 is 12.0 Å². The van der Waals surface area contributed by atoms with Gasteiger partial charge in [0.1, 0.15) is 5.75 Å². The van der Waals surface area contributed by atoms with Crippen molar-refractivity contribution in [2.45, 2.75) is 20.0 Å². The van der Waals surface area contributed by atoms with Crippen molar-refractivity contribution in [3.05, 3.63) is 29.3 Å². The Morgan fingerprint density at radius 1 is 1.16 bits per heavy atom. The lowest BCUT2D eigenvalue weighted by Crippen LogP contribution is -2.43. The summed E-state index contributed by atoms with van der Waals surface area (Å²) in [6, 6.07) is 4.59. The van der Waals surface area contributed by atoms with Crippen molar-refractivity contribution in [3.63, 3.8) is 0 Å². The molecular weight excluding hydrogens is 263 g/mol. The summed E-state index contributed by atoms with van der Waals surface area (Å²) in [6.45, 7) is 3.59. The molecule has 1 aromatic carbocycles. The Labute approximate surface area is 107 Å². The van der Waals surface area contributed by atoms with Gasteiger partial charge in [-0.2, -0.15) is 13.2 Å². The molecule has 1 rings (SSSR count). The van der Waals surface area contributed by atoms with Gasteiger partial charge in [-0.3, -0.25) is 4.79 Å². The molecule has 0 bridgehead atoms. The molecule has 0 aliphatic rings. The number of aryl methyl sites for hydroxylation is 2. The smallest absolute Gasteiger partial charge is 0.410 e. The number of hydrogen-bond donors (Lipinski definition) is 0. The highest BCUT2D eigenvalue weighted by molar-refractivity contribution is 5.95. The predicted octanol–water partition coefficient (Wildman–Crippen LogP) is 2.82. The van der Waals surface area contributed by atoms with Gasteiger partial charge < -0.3 is 4.74 Å². The van der Waals surface area contributed by atoms with Gasteiger partial charge in [0.25, 0.3) is 0 Å². The summed E-state index contributed by atoms with van der Waals surface area (Å²) in [6.07, 6.45) is -6.50. The number of halogens is 3. The molecule has 0 aliphatic carbocycles. The summed E-state index contributed by atoms with van der Waals surface area (Å²) in [5.41, 5.74) is 1.76. The van der Waals surface area contributed by atoms with Gasteiger partial charge in [-0.1, -0.05) is 6.07 Å². The minimum Gasteiger partial charge on any atom is -0.410 e. The summed E-state index contributed by atoms with van der Waals surface area (Å²) in [4.78, 5) is 22.1. The molecule has 0 unspecified atom stereocenters. The van der Waals surface area contributed by atoms with Crippen molar-refractivity contribution in [3.8, 4) is 5.75 Å². The van der Waals surface area contributed by atoms with E-state index in [4.69, 9.17) is 4.74 Å². The SMILES string of the molecule is Cc1ccc(OC(=O)N(C)C(=O)C(F)(F)F)cc1C. The molecule has 0 heterocycles. The van der Waals surface area contributed by atoms with E-state index in [1.54, 1.807) is 13.0 Å². The van der Waals surface area contributed by atoms with Gasteiger partial charge in [-0.15, -0.1) is 0 Å². The Hall–Kier alpha value is -2.05. The first-order valence-corrected chi connectivity index (χ1v) is 5.27. The maximum Gasteiger partial charge on any atom is 0.471 e. The molecule has 1 aromatic rings.